The first-order chi connectivity index (χ1) is 9.86. The Bertz CT molecular complexity index is 631. The van der Waals surface area contributed by atoms with Crippen molar-refractivity contribution in [1.82, 2.24) is 4.90 Å². The number of halogens is 1. The molecule has 0 aromatic heterocycles. The van der Waals surface area contributed by atoms with Gasteiger partial charge in [0.05, 0.1) is 22.0 Å². The molecule has 0 bridgehead atoms. The van der Waals surface area contributed by atoms with Crippen LogP contribution in [-0.4, -0.2) is 28.8 Å². The molecule has 0 unspecified atom stereocenters. The number of non-ortho nitro benzene ring substituents is 1. The van der Waals surface area contributed by atoms with Crippen LogP contribution in [0, 0.1) is 26.9 Å². The van der Waals surface area contributed by atoms with Gasteiger partial charge >= 0.3 is 0 Å². The van der Waals surface area contributed by atoms with Crippen molar-refractivity contribution in [1.29, 1.82) is 5.26 Å². The summed E-state index contributed by atoms with van der Waals surface area (Å²) in [5.41, 5.74) is -0.221. The number of nitrogens with zero attached hydrogens (tertiary/aromatic N) is 3. The highest BCUT2D eigenvalue weighted by Gasteiger charge is 2.32. The average molecular weight is 352 g/mol. The van der Waals surface area contributed by atoms with Crippen molar-refractivity contribution in [3.05, 3.63) is 38.3 Å². The number of nitro benzene ring substituents is 1. The van der Waals surface area contributed by atoms with Crippen LogP contribution in [0.3, 0.4) is 0 Å². The fourth-order valence-corrected chi connectivity index (χ4v) is 2.69. The van der Waals surface area contributed by atoms with E-state index in [1.165, 1.54) is 18.2 Å². The molecule has 7 heteroatoms. The topological polar surface area (TPSA) is 87.2 Å². The summed E-state index contributed by atoms with van der Waals surface area (Å²) >= 11 is 3.26. The maximum atomic E-state index is 12.5. The number of carbonyl (C=O) groups is 1. The average Bonchev–Trinajstić information content (AvgIpc) is 2.47. The Hall–Kier alpha value is -1.94. The zero-order chi connectivity index (χ0) is 15.6. The van der Waals surface area contributed by atoms with Gasteiger partial charge in [-0.1, -0.05) is 0 Å². The third-order valence-corrected chi connectivity index (χ3v) is 4.51. The largest absolute Gasteiger partial charge is 0.338 e. The van der Waals surface area contributed by atoms with Gasteiger partial charge in [-0.05, 0) is 41.8 Å². The molecule has 1 fully saturated rings. The monoisotopic (exact) mass is 351 g/mol. The predicted octanol–water partition coefficient (Wildman–Crippen LogP) is 3.12. The number of amides is 1. The van der Waals surface area contributed by atoms with Crippen LogP contribution in [0.2, 0.25) is 0 Å². The molecule has 0 saturated carbocycles. The summed E-state index contributed by atoms with van der Waals surface area (Å²) < 4.78 is 0.534. The maximum Gasteiger partial charge on any atom is 0.270 e. The van der Waals surface area contributed by atoms with Crippen LogP contribution >= 0.6 is 15.9 Å². The second kappa shape index (κ2) is 5.82. The van der Waals surface area contributed by atoms with Crippen molar-refractivity contribution in [2.45, 2.75) is 19.8 Å². The lowest BCUT2D eigenvalue weighted by Gasteiger charge is -2.35. The Morgan fingerprint density at radius 1 is 1.48 bits per heavy atom. The molecule has 1 aromatic rings. The summed E-state index contributed by atoms with van der Waals surface area (Å²) in [7, 11) is 0. The van der Waals surface area contributed by atoms with Gasteiger partial charge in [0.1, 0.15) is 0 Å². The van der Waals surface area contributed by atoms with Crippen LogP contribution in [0.1, 0.15) is 30.1 Å². The van der Waals surface area contributed by atoms with E-state index in [1.807, 2.05) is 6.92 Å². The number of hydrogen-bond donors (Lipinski definition) is 0. The molecule has 0 atom stereocenters. The summed E-state index contributed by atoms with van der Waals surface area (Å²) in [6.07, 6.45) is 1.23. The standard InChI is InChI=1S/C14H14BrN3O3/c1-14(9-16)4-6-17(7-5-14)13(19)11-8-10(18(20)21)2-3-12(11)15/h2-3,8H,4-7H2,1H3. The van der Waals surface area contributed by atoms with Gasteiger partial charge in [-0.3, -0.25) is 14.9 Å². The summed E-state index contributed by atoms with van der Waals surface area (Å²) in [6, 6.07) is 6.42. The Labute approximate surface area is 130 Å². The fraction of sp³-hybridized carbons (Fsp3) is 0.429. The van der Waals surface area contributed by atoms with Gasteiger partial charge in [0, 0.05) is 29.7 Å². The molecule has 6 nitrogen and oxygen atoms in total. The second-order valence-electron chi connectivity index (χ2n) is 5.39. The normalized spacial score (nSPS) is 17.1. The van der Waals surface area contributed by atoms with Gasteiger partial charge in [0.2, 0.25) is 0 Å². The van der Waals surface area contributed by atoms with Gasteiger partial charge in [-0.15, -0.1) is 0 Å². The van der Waals surface area contributed by atoms with Gasteiger partial charge in [-0.25, -0.2) is 0 Å². The lowest BCUT2D eigenvalue weighted by molar-refractivity contribution is -0.384. The van der Waals surface area contributed by atoms with Crippen molar-refractivity contribution in [3.8, 4) is 6.07 Å². The molecule has 0 aliphatic carbocycles. The third-order valence-electron chi connectivity index (χ3n) is 3.82. The number of hydrogen-bond acceptors (Lipinski definition) is 4. The molecule has 0 radical (unpaired) electrons. The number of nitro groups is 1. The molecule has 110 valence electrons. The van der Waals surface area contributed by atoms with Gasteiger partial charge in [0.25, 0.3) is 11.6 Å². The molecule has 0 N–H and O–H groups in total. The van der Waals surface area contributed by atoms with Crippen LogP contribution in [0.25, 0.3) is 0 Å². The van der Waals surface area contributed by atoms with E-state index in [4.69, 9.17) is 5.26 Å². The van der Waals surface area contributed by atoms with Crippen LogP contribution in [0.4, 0.5) is 5.69 Å². The highest BCUT2D eigenvalue weighted by molar-refractivity contribution is 9.10. The zero-order valence-electron chi connectivity index (χ0n) is 11.5. The molecule has 1 aliphatic rings. The summed E-state index contributed by atoms with van der Waals surface area (Å²) in [5.74, 6) is -0.245. The number of rotatable bonds is 2. The van der Waals surface area contributed by atoms with Gasteiger partial charge in [0.15, 0.2) is 0 Å². The summed E-state index contributed by atoms with van der Waals surface area (Å²) in [6.45, 7) is 2.86. The molecular weight excluding hydrogens is 338 g/mol. The van der Waals surface area contributed by atoms with E-state index in [0.717, 1.165) is 0 Å². The van der Waals surface area contributed by atoms with Crippen molar-refractivity contribution in [2.24, 2.45) is 5.41 Å². The van der Waals surface area contributed by atoms with Crippen LogP contribution in [0.15, 0.2) is 22.7 Å². The lowest BCUT2D eigenvalue weighted by Crippen LogP contribution is -2.41. The molecule has 1 heterocycles. The van der Waals surface area contributed by atoms with E-state index in [1.54, 1.807) is 4.90 Å². The minimum absolute atomic E-state index is 0.111. The van der Waals surface area contributed by atoms with Crippen LogP contribution < -0.4 is 0 Å². The Balaban J connectivity index is 2.20. The molecule has 21 heavy (non-hydrogen) atoms. The third kappa shape index (κ3) is 3.22. The first-order valence-electron chi connectivity index (χ1n) is 6.51. The number of piperidine rings is 1. The zero-order valence-corrected chi connectivity index (χ0v) is 13.1. The molecule has 1 amide bonds. The van der Waals surface area contributed by atoms with Crippen molar-refractivity contribution in [3.63, 3.8) is 0 Å². The van der Waals surface area contributed by atoms with Gasteiger partial charge < -0.3 is 4.90 Å². The SMILES string of the molecule is CC1(C#N)CCN(C(=O)c2cc([N+](=O)[O-])ccc2Br)CC1. The van der Waals surface area contributed by atoms with Crippen molar-refractivity contribution >= 4 is 27.5 Å². The molecule has 1 aliphatic heterocycles. The molecule has 1 saturated heterocycles. The van der Waals surface area contributed by atoms with Crippen molar-refractivity contribution < 1.29 is 9.72 Å². The van der Waals surface area contributed by atoms with Crippen molar-refractivity contribution in [2.75, 3.05) is 13.1 Å². The summed E-state index contributed by atoms with van der Waals surface area (Å²) in [5, 5.41) is 19.9. The quantitative estimate of drug-likeness (QED) is 0.604. The van der Waals surface area contributed by atoms with E-state index in [-0.39, 0.29) is 17.2 Å². The minimum Gasteiger partial charge on any atom is -0.338 e. The second-order valence-corrected chi connectivity index (χ2v) is 6.24. The Morgan fingerprint density at radius 2 is 2.10 bits per heavy atom. The van der Waals surface area contributed by atoms with E-state index in [0.29, 0.717) is 30.4 Å². The molecule has 2 rings (SSSR count). The van der Waals surface area contributed by atoms with Gasteiger partial charge in [-0.2, -0.15) is 5.26 Å². The smallest absolute Gasteiger partial charge is 0.270 e. The number of nitriles is 1. The number of carbonyl (C=O) groups excluding carboxylic acids is 1. The predicted molar refractivity (Wildman–Crippen MR) is 79.7 cm³/mol. The van der Waals surface area contributed by atoms with Crippen LogP contribution in [-0.2, 0) is 0 Å². The molecule has 1 aromatic carbocycles. The minimum atomic E-state index is -0.522. The highest BCUT2D eigenvalue weighted by Crippen LogP contribution is 2.31. The molecular formula is C14H14BrN3O3. The lowest BCUT2D eigenvalue weighted by atomic mass is 9.82. The molecule has 0 spiro atoms. The van der Waals surface area contributed by atoms with Crippen LogP contribution in [0.5, 0.6) is 0 Å². The van der Waals surface area contributed by atoms with E-state index >= 15 is 0 Å². The highest BCUT2D eigenvalue weighted by atomic mass is 79.9. The first-order valence-corrected chi connectivity index (χ1v) is 7.30. The van der Waals surface area contributed by atoms with E-state index < -0.39 is 10.3 Å². The Morgan fingerprint density at radius 3 is 2.62 bits per heavy atom. The maximum absolute atomic E-state index is 12.5. The van der Waals surface area contributed by atoms with E-state index in [2.05, 4.69) is 22.0 Å². The summed E-state index contributed by atoms with van der Waals surface area (Å²) in [4.78, 5) is 24.4. The Kier molecular flexibility index (Phi) is 4.28. The van der Waals surface area contributed by atoms with E-state index in [9.17, 15) is 14.9 Å². The number of likely N-dealkylation sites (tertiary alicyclic amines) is 1. The first kappa shape index (κ1) is 15.4. The fourth-order valence-electron chi connectivity index (χ4n) is 2.28. The number of benzene rings is 1.